The van der Waals surface area contributed by atoms with Crippen molar-refractivity contribution in [3.05, 3.63) is 80.1 Å². The second kappa shape index (κ2) is 7.53. The summed E-state index contributed by atoms with van der Waals surface area (Å²) in [5.41, 5.74) is 1.95. The van der Waals surface area contributed by atoms with Crippen LogP contribution in [-0.2, 0) is 6.42 Å². The maximum Gasteiger partial charge on any atom is 0.339 e. The van der Waals surface area contributed by atoms with Gasteiger partial charge in [-0.3, -0.25) is 4.79 Å². The molecule has 1 aliphatic rings. The summed E-state index contributed by atoms with van der Waals surface area (Å²) in [6, 6.07) is 7.83. The van der Waals surface area contributed by atoms with Crippen LogP contribution in [0.2, 0.25) is 0 Å². The Bertz CT molecular complexity index is 1200. The molecule has 1 aromatic heterocycles. The first-order valence-electron chi connectivity index (χ1n) is 8.46. The molecule has 2 N–H and O–H groups in total. The summed E-state index contributed by atoms with van der Waals surface area (Å²) >= 11 is 3.83. The maximum absolute atomic E-state index is 14.4. The zero-order valence-corrected chi connectivity index (χ0v) is 17.0. The molecule has 0 saturated carbocycles. The van der Waals surface area contributed by atoms with Crippen molar-refractivity contribution in [1.82, 2.24) is 0 Å². The van der Waals surface area contributed by atoms with Crippen LogP contribution in [0.3, 0.4) is 0 Å². The molecule has 4 rings (SSSR count). The fourth-order valence-electron chi connectivity index (χ4n) is 3.16. The highest BCUT2D eigenvalue weighted by Gasteiger charge is 2.25. The number of thiophene rings is 1. The van der Waals surface area contributed by atoms with Crippen molar-refractivity contribution in [3.8, 4) is 11.1 Å². The number of halogens is 3. The minimum Gasteiger partial charge on any atom is -0.478 e. The molecule has 0 bridgehead atoms. The first-order chi connectivity index (χ1) is 13.9. The lowest BCUT2D eigenvalue weighted by molar-refractivity contribution is 0.0699. The summed E-state index contributed by atoms with van der Waals surface area (Å²) in [6.07, 6.45) is 4.72. The third kappa shape index (κ3) is 3.49. The molecule has 3 aromatic rings. The van der Waals surface area contributed by atoms with Crippen molar-refractivity contribution in [2.24, 2.45) is 0 Å². The van der Waals surface area contributed by atoms with E-state index in [1.54, 1.807) is 12.1 Å². The number of rotatable bonds is 4. The van der Waals surface area contributed by atoms with Gasteiger partial charge in [-0.2, -0.15) is 0 Å². The van der Waals surface area contributed by atoms with Gasteiger partial charge in [-0.15, -0.1) is 11.3 Å². The van der Waals surface area contributed by atoms with E-state index in [1.165, 1.54) is 17.5 Å². The smallest absolute Gasteiger partial charge is 0.339 e. The maximum atomic E-state index is 14.4. The van der Waals surface area contributed by atoms with Crippen molar-refractivity contribution in [1.29, 1.82) is 0 Å². The van der Waals surface area contributed by atoms with Crippen LogP contribution in [0, 0.1) is 11.6 Å². The van der Waals surface area contributed by atoms with Crippen LogP contribution < -0.4 is 5.32 Å². The van der Waals surface area contributed by atoms with Gasteiger partial charge < -0.3 is 10.4 Å². The van der Waals surface area contributed by atoms with E-state index in [1.807, 2.05) is 18.2 Å². The lowest BCUT2D eigenvalue weighted by atomic mass is 10.0. The molecular weight excluding hydrogens is 464 g/mol. The molecule has 1 amide bonds. The van der Waals surface area contributed by atoms with Crippen molar-refractivity contribution in [2.45, 2.75) is 6.42 Å². The Balaban J connectivity index is 1.71. The van der Waals surface area contributed by atoms with Crippen LogP contribution in [0.5, 0.6) is 0 Å². The molecule has 0 fully saturated rings. The number of hydrogen-bond donors (Lipinski definition) is 2. The Morgan fingerprint density at radius 3 is 2.66 bits per heavy atom. The molecule has 29 heavy (non-hydrogen) atoms. The highest BCUT2D eigenvalue weighted by Crippen LogP contribution is 2.38. The lowest BCUT2D eigenvalue weighted by Crippen LogP contribution is -2.14. The molecule has 2 aromatic carbocycles. The first-order valence-corrected chi connectivity index (χ1v) is 10.1. The van der Waals surface area contributed by atoms with Gasteiger partial charge in [0, 0.05) is 22.1 Å². The van der Waals surface area contributed by atoms with E-state index in [9.17, 15) is 23.5 Å². The molecule has 146 valence electrons. The zero-order chi connectivity index (χ0) is 20.7. The monoisotopic (exact) mass is 475 g/mol. The third-order valence-electron chi connectivity index (χ3n) is 4.60. The van der Waals surface area contributed by atoms with Gasteiger partial charge in [0.1, 0.15) is 10.6 Å². The zero-order valence-electron chi connectivity index (χ0n) is 14.6. The highest BCUT2D eigenvalue weighted by atomic mass is 79.9. The summed E-state index contributed by atoms with van der Waals surface area (Å²) in [5.74, 6) is -4.10. The second-order valence-electron chi connectivity index (χ2n) is 6.36. The van der Waals surface area contributed by atoms with E-state index in [2.05, 4.69) is 21.2 Å². The summed E-state index contributed by atoms with van der Waals surface area (Å²) in [5, 5.41) is 13.7. The van der Waals surface area contributed by atoms with E-state index in [0.717, 1.165) is 28.9 Å². The van der Waals surface area contributed by atoms with Crippen molar-refractivity contribution in [3.63, 3.8) is 0 Å². The molecule has 4 nitrogen and oxygen atoms in total. The van der Waals surface area contributed by atoms with E-state index in [4.69, 9.17) is 0 Å². The lowest BCUT2D eigenvalue weighted by Gasteiger charge is -2.08. The normalized spacial score (nSPS) is 12.1. The van der Waals surface area contributed by atoms with Gasteiger partial charge in [0.05, 0.1) is 4.47 Å². The van der Waals surface area contributed by atoms with Crippen LogP contribution in [0.4, 0.5) is 13.8 Å². The van der Waals surface area contributed by atoms with Gasteiger partial charge in [-0.1, -0.05) is 24.3 Å². The number of fused-ring (bicyclic) bond motifs is 1. The number of hydrogen-bond acceptors (Lipinski definition) is 3. The summed E-state index contributed by atoms with van der Waals surface area (Å²) in [4.78, 5) is 24.5. The van der Waals surface area contributed by atoms with Gasteiger partial charge in [-0.25, -0.2) is 13.6 Å². The molecular formula is C21H12BrF2NO3S. The minimum absolute atomic E-state index is 0.00131. The molecule has 8 heteroatoms. The van der Waals surface area contributed by atoms with Crippen LogP contribution >= 0.6 is 27.3 Å². The Morgan fingerprint density at radius 2 is 1.90 bits per heavy atom. The molecule has 0 spiro atoms. The Kier molecular flexibility index (Phi) is 5.06. The number of allylic oxidation sites excluding steroid dienone is 1. The third-order valence-corrected chi connectivity index (χ3v) is 6.11. The summed E-state index contributed by atoms with van der Waals surface area (Å²) < 4.78 is 28.2. The van der Waals surface area contributed by atoms with E-state index < -0.39 is 23.5 Å². The number of carboxylic acids is 1. The van der Waals surface area contributed by atoms with Gasteiger partial charge in [0.25, 0.3) is 5.91 Å². The van der Waals surface area contributed by atoms with Gasteiger partial charge >= 0.3 is 5.97 Å². The quantitative estimate of drug-likeness (QED) is 0.456. The number of anilines is 1. The number of aromatic carboxylic acids is 1. The number of nitrogens with one attached hydrogen (secondary N) is 1. The second-order valence-corrected chi connectivity index (χ2v) is 8.09. The molecule has 0 unspecified atom stereocenters. The van der Waals surface area contributed by atoms with E-state index in [-0.39, 0.29) is 26.2 Å². The molecule has 0 radical (unpaired) electrons. The molecule has 0 saturated heterocycles. The average Bonchev–Trinajstić information content (AvgIpc) is 3.32. The van der Waals surface area contributed by atoms with Gasteiger partial charge in [-0.05, 0) is 51.7 Å². The molecule has 0 atom stereocenters. The number of carbonyl (C=O) groups excluding carboxylic acids is 1. The number of carbonyl (C=O) groups is 2. The molecule has 1 aliphatic carbocycles. The van der Waals surface area contributed by atoms with E-state index in [0.29, 0.717) is 5.56 Å². The Morgan fingerprint density at radius 1 is 1.10 bits per heavy atom. The fraction of sp³-hybridized carbons (Fsp3) is 0.0476. The SMILES string of the molecule is O=C(Nc1scc(-c2ccc(Br)c(F)c2F)c1C(=O)O)c1ccc2c(c1)C=CC2. The summed E-state index contributed by atoms with van der Waals surface area (Å²) in [7, 11) is 0. The van der Waals surface area contributed by atoms with E-state index >= 15 is 0 Å². The van der Waals surface area contributed by atoms with Crippen LogP contribution in [-0.4, -0.2) is 17.0 Å². The van der Waals surface area contributed by atoms with Crippen LogP contribution in [0.25, 0.3) is 17.2 Å². The van der Waals surface area contributed by atoms with Gasteiger partial charge in [0.15, 0.2) is 11.6 Å². The number of carboxylic acid groups (broad SMARTS) is 1. The number of benzene rings is 2. The molecule has 0 aliphatic heterocycles. The Hall–Kier alpha value is -2.84. The fourth-order valence-corrected chi connectivity index (χ4v) is 4.41. The number of amides is 1. The molecule has 1 heterocycles. The van der Waals surface area contributed by atoms with Crippen LogP contribution in [0.1, 0.15) is 31.8 Å². The van der Waals surface area contributed by atoms with Crippen LogP contribution in [0.15, 0.2) is 46.3 Å². The predicted octanol–water partition coefficient (Wildman–Crippen LogP) is 5.98. The average molecular weight is 476 g/mol. The standard InChI is InChI=1S/C21H12BrF2NO3S/c22-15-7-6-13(17(23)18(15)24)14-9-29-20(16(14)21(27)28)25-19(26)12-5-4-10-2-1-3-11(10)8-12/h1,3-9H,2H2,(H,25,26)(H,27,28). The summed E-state index contributed by atoms with van der Waals surface area (Å²) in [6.45, 7) is 0. The van der Waals surface area contributed by atoms with Crippen molar-refractivity contribution < 1.29 is 23.5 Å². The highest BCUT2D eigenvalue weighted by molar-refractivity contribution is 9.10. The largest absolute Gasteiger partial charge is 0.478 e. The minimum atomic E-state index is -1.35. The van der Waals surface area contributed by atoms with Crippen molar-refractivity contribution in [2.75, 3.05) is 5.32 Å². The topological polar surface area (TPSA) is 66.4 Å². The Labute approximate surface area is 176 Å². The van der Waals surface area contributed by atoms with Crippen molar-refractivity contribution >= 4 is 50.2 Å². The predicted molar refractivity (Wildman–Crippen MR) is 111 cm³/mol. The van der Waals surface area contributed by atoms with Gasteiger partial charge in [0.2, 0.25) is 0 Å². The first kappa shape index (κ1) is 19.5.